The van der Waals surface area contributed by atoms with Gasteiger partial charge in [-0.25, -0.2) is 18.4 Å². The van der Waals surface area contributed by atoms with Crippen LogP contribution in [0.15, 0.2) is 71.9 Å². The molecule has 3 rings (SSSR count). The number of methoxy groups -OCH3 is 1. The largest absolute Gasteiger partial charge is 0.497 e. The Hall–Kier alpha value is -3.13. The van der Waals surface area contributed by atoms with Gasteiger partial charge in [0.1, 0.15) is 5.75 Å². The van der Waals surface area contributed by atoms with E-state index in [-0.39, 0.29) is 4.90 Å². The van der Waals surface area contributed by atoms with Crippen molar-refractivity contribution < 1.29 is 13.2 Å². The number of ether oxygens (including phenoxy) is 1. The van der Waals surface area contributed by atoms with Gasteiger partial charge >= 0.3 is 0 Å². The second-order valence-corrected chi connectivity index (χ2v) is 6.71. The Morgan fingerprint density at radius 2 is 1.52 bits per heavy atom. The van der Waals surface area contributed by atoms with Gasteiger partial charge in [-0.2, -0.15) is 0 Å². The monoisotopic (exact) mass is 356 g/mol. The highest BCUT2D eigenvalue weighted by atomic mass is 32.2. The number of para-hydroxylation sites is 2. The Labute approximate surface area is 145 Å². The highest BCUT2D eigenvalue weighted by Gasteiger charge is 2.16. The summed E-state index contributed by atoms with van der Waals surface area (Å²) >= 11 is 0. The summed E-state index contributed by atoms with van der Waals surface area (Å²) in [4.78, 5) is 8.29. The third-order valence-corrected chi connectivity index (χ3v) is 4.73. The number of sulfonamides is 1. The molecule has 7 nitrogen and oxygen atoms in total. The first-order valence-electron chi connectivity index (χ1n) is 7.38. The van der Waals surface area contributed by atoms with Crippen molar-refractivity contribution in [2.75, 3.05) is 17.1 Å². The number of anilines is 3. The van der Waals surface area contributed by atoms with Gasteiger partial charge in [0.15, 0.2) is 0 Å². The molecule has 0 aliphatic carbocycles. The summed E-state index contributed by atoms with van der Waals surface area (Å²) in [7, 11) is -2.22. The lowest BCUT2D eigenvalue weighted by Crippen LogP contribution is -2.14. The molecular formula is C17H16N4O3S. The lowest BCUT2D eigenvalue weighted by molar-refractivity contribution is 0.414. The molecule has 0 unspecified atom stereocenters. The fourth-order valence-corrected chi connectivity index (χ4v) is 3.20. The lowest BCUT2D eigenvalue weighted by Gasteiger charge is -2.13. The van der Waals surface area contributed by atoms with Gasteiger partial charge in [0.25, 0.3) is 10.0 Å². The van der Waals surface area contributed by atoms with Gasteiger partial charge in [0, 0.05) is 12.4 Å². The lowest BCUT2D eigenvalue weighted by atomic mass is 10.3. The zero-order valence-corrected chi connectivity index (χ0v) is 14.2. The van der Waals surface area contributed by atoms with Gasteiger partial charge in [-0.05, 0) is 42.5 Å². The summed E-state index contributed by atoms with van der Waals surface area (Å²) in [6, 6.07) is 14.8. The number of hydrogen-bond donors (Lipinski definition) is 2. The van der Waals surface area contributed by atoms with E-state index in [4.69, 9.17) is 4.74 Å². The zero-order valence-electron chi connectivity index (χ0n) is 13.4. The topological polar surface area (TPSA) is 93.2 Å². The molecule has 3 aromatic rings. The molecule has 8 heteroatoms. The van der Waals surface area contributed by atoms with Gasteiger partial charge in [-0.1, -0.05) is 12.1 Å². The van der Waals surface area contributed by atoms with Crippen LogP contribution in [-0.4, -0.2) is 25.5 Å². The first kappa shape index (κ1) is 16.7. The van der Waals surface area contributed by atoms with Crippen molar-refractivity contribution in [1.82, 2.24) is 9.97 Å². The first-order valence-corrected chi connectivity index (χ1v) is 8.87. The van der Waals surface area contributed by atoms with E-state index in [1.807, 2.05) is 0 Å². The van der Waals surface area contributed by atoms with E-state index in [1.165, 1.54) is 19.2 Å². The second-order valence-electron chi connectivity index (χ2n) is 5.02. The van der Waals surface area contributed by atoms with Crippen molar-refractivity contribution >= 4 is 27.3 Å². The molecule has 1 aromatic heterocycles. The highest BCUT2D eigenvalue weighted by molar-refractivity contribution is 7.92. The number of aromatic nitrogens is 2. The average molecular weight is 356 g/mol. The summed E-state index contributed by atoms with van der Waals surface area (Å²) < 4.78 is 32.8. The van der Waals surface area contributed by atoms with Crippen LogP contribution in [0.1, 0.15) is 0 Å². The number of hydrogen-bond acceptors (Lipinski definition) is 6. The normalized spacial score (nSPS) is 10.9. The number of rotatable bonds is 6. The van der Waals surface area contributed by atoms with Crippen LogP contribution < -0.4 is 14.8 Å². The molecule has 0 radical (unpaired) electrons. The Bertz CT molecular complexity index is 945. The molecule has 0 spiro atoms. The van der Waals surface area contributed by atoms with Crippen LogP contribution in [0.2, 0.25) is 0 Å². The summed E-state index contributed by atoms with van der Waals surface area (Å²) in [6.45, 7) is 0. The van der Waals surface area contributed by atoms with Crippen LogP contribution >= 0.6 is 0 Å². The van der Waals surface area contributed by atoms with E-state index in [2.05, 4.69) is 20.0 Å². The van der Waals surface area contributed by atoms with Crippen molar-refractivity contribution in [3.63, 3.8) is 0 Å². The Morgan fingerprint density at radius 1 is 0.880 bits per heavy atom. The second kappa shape index (κ2) is 7.18. The van der Waals surface area contributed by atoms with Crippen LogP contribution in [0, 0.1) is 0 Å². The third-order valence-electron chi connectivity index (χ3n) is 3.35. The molecule has 25 heavy (non-hydrogen) atoms. The molecule has 0 bridgehead atoms. The molecule has 128 valence electrons. The zero-order chi connectivity index (χ0) is 17.7. The summed E-state index contributed by atoms with van der Waals surface area (Å²) in [6.07, 6.45) is 3.19. The minimum Gasteiger partial charge on any atom is -0.497 e. The van der Waals surface area contributed by atoms with E-state index in [9.17, 15) is 8.42 Å². The molecule has 0 amide bonds. The van der Waals surface area contributed by atoms with Gasteiger partial charge in [0.2, 0.25) is 5.95 Å². The van der Waals surface area contributed by atoms with E-state index in [0.29, 0.717) is 23.1 Å². The predicted octanol–water partition coefficient (Wildman–Crippen LogP) is 3.03. The number of nitrogens with zero attached hydrogens (tertiary/aromatic N) is 2. The maximum atomic E-state index is 12.6. The van der Waals surface area contributed by atoms with Crippen LogP contribution in [0.5, 0.6) is 5.75 Å². The van der Waals surface area contributed by atoms with Gasteiger partial charge < -0.3 is 10.1 Å². The van der Waals surface area contributed by atoms with Crippen LogP contribution in [-0.2, 0) is 10.0 Å². The van der Waals surface area contributed by atoms with Crippen molar-refractivity contribution in [2.45, 2.75) is 4.90 Å². The Morgan fingerprint density at radius 3 is 2.16 bits per heavy atom. The summed E-state index contributed by atoms with van der Waals surface area (Å²) in [5.41, 5.74) is 0.941. The Kier molecular flexibility index (Phi) is 4.80. The summed E-state index contributed by atoms with van der Waals surface area (Å²) in [5, 5.41) is 3.00. The standard InChI is InChI=1S/C17H16N4O3S/c1-24-13-7-9-14(10-8-13)25(22,23)21-16-6-3-2-5-15(16)20-17-18-11-4-12-19-17/h2-12,21H,1H3,(H,18,19,20). The maximum absolute atomic E-state index is 12.6. The molecule has 1 heterocycles. The van der Waals surface area contributed by atoms with E-state index in [1.54, 1.807) is 54.9 Å². The van der Waals surface area contributed by atoms with E-state index < -0.39 is 10.0 Å². The molecule has 0 atom stereocenters. The minimum atomic E-state index is -3.74. The smallest absolute Gasteiger partial charge is 0.261 e. The molecule has 0 fully saturated rings. The van der Waals surface area contributed by atoms with Gasteiger partial charge in [0.05, 0.1) is 23.4 Å². The molecule has 0 aliphatic rings. The average Bonchev–Trinajstić information content (AvgIpc) is 2.64. The number of benzene rings is 2. The third kappa shape index (κ3) is 4.04. The predicted molar refractivity (Wildman–Crippen MR) is 95.6 cm³/mol. The van der Waals surface area contributed by atoms with Crippen molar-refractivity contribution in [1.29, 1.82) is 0 Å². The number of nitrogens with one attached hydrogen (secondary N) is 2. The van der Waals surface area contributed by atoms with Crippen LogP contribution in [0.3, 0.4) is 0 Å². The molecule has 0 saturated heterocycles. The van der Waals surface area contributed by atoms with E-state index >= 15 is 0 Å². The van der Waals surface area contributed by atoms with Crippen LogP contribution in [0.25, 0.3) is 0 Å². The molecule has 0 saturated carbocycles. The molecule has 2 N–H and O–H groups in total. The van der Waals surface area contributed by atoms with Crippen molar-refractivity contribution in [3.8, 4) is 5.75 Å². The van der Waals surface area contributed by atoms with Gasteiger partial charge in [-0.3, -0.25) is 4.72 Å². The van der Waals surface area contributed by atoms with E-state index in [0.717, 1.165) is 0 Å². The molecule has 0 aliphatic heterocycles. The molecular weight excluding hydrogens is 340 g/mol. The maximum Gasteiger partial charge on any atom is 0.261 e. The van der Waals surface area contributed by atoms with Gasteiger partial charge in [-0.15, -0.1) is 0 Å². The van der Waals surface area contributed by atoms with Crippen molar-refractivity contribution in [2.24, 2.45) is 0 Å². The minimum absolute atomic E-state index is 0.138. The van der Waals surface area contributed by atoms with Crippen molar-refractivity contribution in [3.05, 3.63) is 67.0 Å². The first-order chi connectivity index (χ1) is 12.1. The Balaban J connectivity index is 1.86. The summed E-state index contributed by atoms with van der Waals surface area (Å²) in [5.74, 6) is 0.959. The SMILES string of the molecule is COc1ccc(S(=O)(=O)Nc2ccccc2Nc2ncccn2)cc1. The quantitative estimate of drug-likeness (QED) is 0.705. The fourth-order valence-electron chi connectivity index (χ4n) is 2.12. The highest BCUT2D eigenvalue weighted by Crippen LogP contribution is 2.26. The van der Waals surface area contributed by atoms with Crippen LogP contribution in [0.4, 0.5) is 17.3 Å². The fraction of sp³-hybridized carbons (Fsp3) is 0.0588. The molecule has 2 aromatic carbocycles.